The predicted molar refractivity (Wildman–Crippen MR) is 115 cm³/mol. The molecule has 0 amide bonds. The lowest BCUT2D eigenvalue weighted by atomic mass is 10.1. The first-order valence-corrected chi connectivity index (χ1v) is 9.79. The number of oxazole rings is 1. The number of esters is 1. The number of aryl methyl sites for hydroxylation is 1. The topological polar surface area (TPSA) is 64.4 Å². The van der Waals surface area contributed by atoms with Crippen LogP contribution in [0.15, 0.2) is 65.1 Å². The van der Waals surface area contributed by atoms with E-state index >= 15 is 0 Å². The third-order valence-electron chi connectivity index (χ3n) is 4.91. The zero-order valence-corrected chi connectivity index (χ0v) is 17.0. The van der Waals surface area contributed by atoms with Gasteiger partial charge in [-0.2, -0.15) is 0 Å². The van der Waals surface area contributed by atoms with Crippen molar-refractivity contribution in [1.82, 2.24) is 10.3 Å². The molecule has 1 unspecified atom stereocenters. The highest BCUT2D eigenvalue weighted by Crippen LogP contribution is 2.32. The summed E-state index contributed by atoms with van der Waals surface area (Å²) in [7, 11) is 0. The van der Waals surface area contributed by atoms with Gasteiger partial charge in [0.2, 0.25) is 0 Å². The molecule has 1 aliphatic heterocycles. The van der Waals surface area contributed by atoms with E-state index in [1.807, 2.05) is 60.7 Å². The van der Waals surface area contributed by atoms with E-state index in [0.717, 1.165) is 42.0 Å². The lowest BCUT2D eigenvalue weighted by molar-refractivity contribution is -0.144. The number of carbonyl (C=O) groups is 1. The van der Waals surface area contributed by atoms with E-state index in [2.05, 4.69) is 10.3 Å². The molecule has 6 heteroatoms. The third kappa shape index (κ3) is 5.46. The van der Waals surface area contributed by atoms with Crippen LogP contribution >= 0.6 is 12.4 Å². The predicted octanol–water partition coefficient (Wildman–Crippen LogP) is 4.66. The number of hydrogen-bond acceptors (Lipinski definition) is 5. The minimum atomic E-state index is -0.213. The van der Waals surface area contributed by atoms with Gasteiger partial charge in [-0.1, -0.05) is 60.7 Å². The molecule has 0 saturated carbocycles. The number of halogens is 1. The fourth-order valence-corrected chi connectivity index (χ4v) is 3.42. The second kappa shape index (κ2) is 10.2. The molecule has 1 fully saturated rings. The second-order valence-corrected chi connectivity index (χ2v) is 6.99. The normalized spacial score (nSPS) is 15.7. The van der Waals surface area contributed by atoms with Crippen molar-refractivity contribution in [1.29, 1.82) is 0 Å². The van der Waals surface area contributed by atoms with Crippen LogP contribution in [0, 0.1) is 0 Å². The van der Waals surface area contributed by atoms with Crippen molar-refractivity contribution in [3.05, 3.63) is 66.6 Å². The summed E-state index contributed by atoms with van der Waals surface area (Å²) in [5.41, 5.74) is 2.76. The molecule has 1 saturated heterocycles. The van der Waals surface area contributed by atoms with Crippen LogP contribution in [0.2, 0.25) is 0 Å². The van der Waals surface area contributed by atoms with Crippen LogP contribution in [-0.4, -0.2) is 30.1 Å². The van der Waals surface area contributed by atoms with E-state index in [-0.39, 0.29) is 24.8 Å². The van der Waals surface area contributed by atoms with Crippen molar-refractivity contribution in [2.75, 3.05) is 13.2 Å². The first kappa shape index (κ1) is 21.1. The van der Waals surface area contributed by atoms with E-state index in [1.54, 1.807) is 0 Å². The second-order valence-electron chi connectivity index (χ2n) is 6.99. The van der Waals surface area contributed by atoms with Gasteiger partial charge in [0, 0.05) is 23.6 Å². The molecule has 2 aromatic carbocycles. The van der Waals surface area contributed by atoms with Crippen LogP contribution in [0.1, 0.15) is 25.2 Å². The average molecular weight is 413 g/mol. The maximum absolute atomic E-state index is 12.1. The zero-order chi connectivity index (χ0) is 19.2. The molecule has 1 aliphatic rings. The molecule has 1 aromatic heterocycles. The number of benzene rings is 2. The standard InChI is InChI=1S/C23H24N2O3.ClH/c26-21(27-16-19-12-7-15-24-19)14-13-20-25-22(17-8-3-1-4-9-17)23(28-20)18-10-5-2-6-11-18;/h1-6,8-11,19,24H,7,12-16H2;1H. The molecular formula is C23H25ClN2O3. The number of carbonyl (C=O) groups excluding carboxylic acids is 1. The van der Waals surface area contributed by atoms with Gasteiger partial charge in [0.15, 0.2) is 11.7 Å². The Labute approximate surface area is 176 Å². The first-order valence-electron chi connectivity index (χ1n) is 9.79. The summed E-state index contributed by atoms with van der Waals surface area (Å²) in [6.07, 6.45) is 2.89. The number of nitrogens with one attached hydrogen (secondary N) is 1. The quantitative estimate of drug-likeness (QED) is 0.572. The highest BCUT2D eigenvalue weighted by atomic mass is 35.5. The minimum absolute atomic E-state index is 0. The Morgan fingerprint density at radius 2 is 1.76 bits per heavy atom. The number of rotatable bonds is 7. The zero-order valence-electron chi connectivity index (χ0n) is 16.2. The van der Waals surface area contributed by atoms with Crippen molar-refractivity contribution < 1.29 is 13.9 Å². The summed E-state index contributed by atoms with van der Waals surface area (Å²) in [4.78, 5) is 16.8. The summed E-state index contributed by atoms with van der Waals surface area (Å²) in [5.74, 6) is 1.06. The van der Waals surface area contributed by atoms with Gasteiger partial charge in [-0.05, 0) is 19.4 Å². The lowest BCUT2D eigenvalue weighted by Crippen LogP contribution is -2.28. The van der Waals surface area contributed by atoms with Crippen LogP contribution in [0.4, 0.5) is 0 Å². The van der Waals surface area contributed by atoms with E-state index in [9.17, 15) is 4.79 Å². The highest BCUT2D eigenvalue weighted by Gasteiger charge is 2.19. The summed E-state index contributed by atoms with van der Waals surface area (Å²) >= 11 is 0. The summed E-state index contributed by atoms with van der Waals surface area (Å²) < 4.78 is 11.4. The van der Waals surface area contributed by atoms with Crippen molar-refractivity contribution in [3.63, 3.8) is 0 Å². The molecule has 29 heavy (non-hydrogen) atoms. The first-order chi connectivity index (χ1) is 13.8. The molecule has 1 atom stereocenters. The van der Waals surface area contributed by atoms with Gasteiger partial charge in [0.25, 0.3) is 0 Å². The summed E-state index contributed by atoms with van der Waals surface area (Å²) in [6, 6.07) is 20.2. The van der Waals surface area contributed by atoms with Gasteiger partial charge in [0.05, 0.1) is 6.42 Å². The van der Waals surface area contributed by atoms with Gasteiger partial charge in [-0.25, -0.2) is 4.98 Å². The molecule has 0 radical (unpaired) electrons. The molecule has 4 rings (SSSR count). The fourth-order valence-electron chi connectivity index (χ4n) is 3.42. The number of nitrogens with zero attached hydrogens (tertiary/aromatic N) is 1. The van der Waals surface area contributed by atoms with Crippen LogP contribution in [-0.2, 0) is 16.0 Å². The Morgan fingerprint density at radius 1 is 1.07 bits per heavy atom. The van der Waals surface area contributed by atoms with Crippen LogP contribution in [0.5, 0.6) is 0 Å². The van der Waals surface area contributed by atoms with Crippen LogP contribution < -0.4 is 5.32 Å². The van der Waals surface area contributed by atoms with Crippen LogP contribution in [0.3, 0.4) is 0 Å². The Bertz CT molecular complexity index is 849. The molecule has 0 spiro atoms. The number of aromatic nitrogens is 1. The molecule has 0 aliphatic carbocycles. The smallest absolute Gasteiger partial charge is 0.306 e. The van der Waals surface area contributed by atoms with E-state index in [0.29, 0.717) is 25.0 Å². The van der Waals surface area contributed by atoms with Crippen molar-refractivity contribution in [2.24, 2.45) is 0 Å². The SMILES string of the molecule is Cl.O=C(CCc1nc(-c2ccccc2)c(-c2ccccc2)o1)OCC1CCCN1. The van der Waals surface area contributed by atoms with Crippen molar-refractivity contribution >= 4 is 18.4 Å². The van der Waals surface area contributed by atoms with Gasteiger partial charge < -0.3 is 14.5 Å². The van der Waals surface area contributed by atoms with Gasteiger partial charge in [-0.15, -0.1) is 12.4 Å². The Balaban J connectivity index is 0.00000240. The highest BCUT2D eigenvalue weighted by molar-refractivity contribution is 5.85. The monoisotopic (exact) mass is 412 g/mol. The Kier molecular flexibility index (Phi) is 7.44. The summed E-state index contributed by atoms with van der Waals surface area (Å²) in [5, 5.41) is 3.32. The number of ether oxygens (including phenoxy) is 1. The average Bonchev–Trinajstić information content (AvgIpc) is 3.42. The maximum Gasteiger partial charge on any atom is 0.306 e. The molecular weight excluding hydrogens is 388 g/mol. The summed E-state index contributed by atoms with van der Waals surface area (Å²) in [6.45, 7) is 1.44. The lowest BCUT2D eigenvalue weighted by Gasteiger charge is -2.10. The minimum Gasteiger partial charge on any atom is -0.464 e. The van der Waals surface area contributed by atoms with Crippen molar-refractivity contribution in [3.8, 4) is 22.6 Å². The largest absolute Gasteiger partial charge is 0.464 e. The van der Waals surface area contributed by atoms with Gasteiger partial charge >= 0.3 is 5.97 Å². The number of hydrogen-bond donors (Lipinski definition) is 1. The van der Waals surface area contributed by atoms with Gasteiger partial charge in [0.1, 0.15) is 12.3 Å². The molecule has 3 aromatic rings. The third-order valence-corrected chi connectivity index (χ3v) is 4.91. The Morgan fingerprint density at radius 3 is 2.41 bits per heavy atom. The van der Waals surface area contributed by atoms with E-state index < -0.39 is 0 Å². The molecule has 2 heterocycles. The molecule has 1 N–H and O–H groups in total. The van der Waals surface area contributed by atoms with Crippen molar-refractivity contribution in [2.45, 2.75) is 31.7 Å². The van der Waals surface area contributed by atoms with E-state index in [1.165, 1.54) is 0 Å². The van der Waals surface area contributed by atoms with E-state index in [4.69, 9.17) is 9.15 Å². The molecule has 0 bridgehead atoms. The van der Waals surface area contributed by atoms with Gasteiger partial charge in [-0.3, -0.25) is 4.79 Å². The molecule has 5 nitrogen and oxygen atoms in total. The fraction of sp³-hybridized carbons (Fsp3) is 0.304. The van der Waals surface area contributed by atoms with Crippen LogP contribution in [0.25, 0.3) is 22.6 Å². The Hall–Kier alpha value is -2.63. The maximum atomic E-state index is 12.1. The molecule has 152 valence electrons.